The third-order valence-electron chi connectivity index (χ3n) is 2.41. The molecule has 15 heavy (non-hydrogen) atoms. The van der Waals surface area contributed by atoms with Crippen LogP contribution in [0.3, 0.4) is 0 Å². The molecular formula is C13H19NO. The molecule has 0 spiro atoms. The van der Waals surface area contributed by atoms with Gasteiger partial charge in [0.25, 0.3) is 0 Å². The van der Waals surface area contributed by atoms with Gasteiger partial charge in [0.2, 0.25) is 0 Å². The normalized spacial score (nSPS) is 13.0. The van der Waals surface area contributed by atoms with Crippen molar-refractivity contribution in [2.75, 3.05) is 7.11 Å². The van der Waals surface area contributed by atoms with E-state index in [9.17, 15) is 0 Å². The standard InChI is InChI=1S/C13H19NO/c1-4-12-5-7-13(8-6-12)9-11(2)10-14-15-3/h5-8,10-11H,4,9H2,1-3H3/b14-10+. The number of rotatable bonds is 5. The summed E-state index contributed by atoms with van der Waals surface area (Å²) in [7, 11) is 1.57. The SMILES string of the molecule is CCc1ccc(CC(C)/C=N/OC)cc1. The maximum atomic E-state index is 4.66. The first-order valence-corrected chi connectivity index (χ1v) is 5.40. The fraction of sp³-hybridized carbons (Fsp3) is 0.462. The zero-order valence-corrected chi connectivity index (χ0v) is 9.73. The average molecular weight is 205 g/mol. The third kappa shape index (κ3) is 4.15. The number of nitrogens with zero attached hydrogens (tertiary/aromatic N) is 1. The predicted molar refractivity (Wildman–Crippen MR) is 64.2 cm³/mol. The summed E-state index contributed by atoms with van der Waals surface area (Å²) in [4.78, 5) is 4.66. The number of hydrogen-bond donors (Lipinski definition) is 0. The van der Waals surface area contributed by atoms with Gasteiger partial charge in [-0.1, -0.05) is 43.3 Å². The fourth-order valence-electron chi connectivity index (χ4n) is 1.50. The lowest BCUT2D eigenvalue weighted by molar-refractivity contribution is 0.213. The first-order chi connectivity index (χ1) is 7.26. The molecule has 0 aliphatic rings. The Hall–Kier alpha value is -1.31. The van der Waals surface area contributed by atoms with Crippen molar-refractivity contribution in [3.8, 4) is 0 Å². The van der Waals surface area contributed by atoms with E-state index in [-0.39, 0.29) is 0 Å². The van der Waals surface area contributed by atoms with Crippen LogP contribution in [0.15, 0.2) is 29.4 Å². The Morgan fingerprint density at radius 1 is 1.27 bits per heavy atom. The first-order valence-electron chi connectivity index (χ1n) is 5.40. The molecular weight excluding hydrogens is 186 g/mol. The molecule has 0 amide bonds. The highest BCUT2D eigenvalue weighted by Crippen LogP contribution is 2.09. The van der Waals surface area contributed by atoms with Gasteiger partial charge >= 0.3 is 0 Å². The van der Waals surface area contributed by atoms with E-state index in [2.05, 4.69) is 48.1 Å². The van der Waals surface area contributed by atoms with Crippen LogP contribution in [0.25, 0.3) is 0 Å². The van der Waals surface area contributed by atoms with Gasteiger partial charge in [0.15, 0.2) is 0 Å². The van der Waals surface area contributed by atoms with E-state index >= 15 is 0 Å². The van der Waals surface area contributed by atoms with E-state index in [1.54, 1.807) is 7.11 Å². The Labute approximate surface area is 91.9 Å². The van der Waals surface area contributed by atoms with Crippen LogP contribution in [0.4, 0.5) is 0 Å². The minimum absolute atomic E-state index is 0.414. The fourth-order valence-corrected chi connectivity index (χ4v) is 1.50. The Bertz CT molecular complexity index is 303. The van der Waals surface area contributed by atoms with Gasteiger partial charge < -0.3 is 4.84 Å². The molecule has 0 bridgehead atoms. The van der Waals surface area contributed by atoms with E-state index in [0.717, 1.165) is 12.8 Å². The topological polar surface area (TPSA) is 21.6 Å². The zero-order chi connectivity index (χ0) is 11.1. The van der Waals surface area contributed by atoms with Crippen molar-refractivity contribution in [3.63, 3.8) is 0 Å². The molecule has 0 radical (unpaired) electrons. The zero-order valence-electron chi connectivity index (χ0n) is 9.73. The van der Waals surface area contributed by atoms with Crippen LogP contribution in [-0.4, -0.2) is 13.3 Å². The van der Waals surface area contributed by atoms with Crippen molar-refractivity contribution < 1.29 is 4.84 Å². The molecule has 2 heteroatoms. The second-order valence-electron chi connectivity index (χ2n) is 3.79. The molecule has 0 heterocycles. The van der Waals surface area contributed by atoms with Gasteiger partial charge in [-0.2, -0.15) is 0 Å². The van der Waals surface area contributed by atoms with Gasteiger partial charge in [0.05, 0.1) is 0 Å². The van der Waals surface area contributed by atoms with Crippen LogP contribution in [-0.2, 0) is 17.7 Å². The van der Waals surface area contributed by atoms with E-state index in [1.807, 2.05) is 6.21 Å². The molecule has 0 N–H and O–H groups in total. The third-order valence-corrected chi connectivity index (χ3v) is 2.41. The molecule has 0 saturated heterocycles. The van der Waals surface area contributed by atoms with Gasteiger partial charge in [-0.25, -0.2) is 0 Å². The quantitative estimate of drug-likeness (QED) is 0.535. The minimum Gasteiger partial charge on any atom is -0.399 e. The maximum absolute atomic E-state index is 4.66. The summed E-state index contributed by atoms with van der Waals surface area (Å²) >= 11 is 0. The smallest absolute Gasteiger partial charge is 0.106 e. The largest absolute Gasteiger partial charge is 0.399 e. The highest BCUT2D eigenvalue weighted by Gasteiger charge is 2.00. The Kier molecular flexibility index (Phi) is 4.88. The summed E-state index contributed by atoms with van der Waals surface area (Å²) in [5.74, 6) is 0.414. The highest BCUT2D eigenvalue weighted by atomic mass is 16.6. The first kappa shape index (κ1) is 11.8. The monoisotopic (exact) mass is 205 g/mol. The molecule has 0 saturated carbocycles. The van der Waals surface area contributed by atoms with Crippen LogP contribution in [0.5, 0.6) is 0 Å². The average Bonchev–Trinajstić information content (AvgIpc) is 2.27. The number of oxime groups is 1. The predicted octanol–water partition coefficient (Wildman–Crippen LogP) is 3.06. The van der Waals surface area contributed by atoms with Crippen molar-refractivity contribution in [2.45, 2.75) is 26.7 Å². The maximum Gasteiger partial charge on any atom is 0.106 e. The summed E-state index contributed by atoms with van der Waals surface area (Å²) in [6.07, 6.45) is 3.95. The summed E-state index contributed by atoms with van der Waals surface area (Å²) < 4.78 is 0. The van der Waals surface area contributed by atoms with Crippen LogP contribution in [0.1, 0.15) is 25.0 Å². The molecule has 0 aromatic heterocycles. The van der Waals surface area contributed by atoms with Gasteiger partial charge in [-0.15, -0.1) is 0 Å². The molecule has 1 aromatic carbocycles. The van der Waals surface area contributed by atoms with Crippen molar-refractivity contribution >= 4 is 6.21 Å². The Morgan fingerprint density at radius 3 is 2.40 bits per heavy atom. The molecule has 1 aromatic rings. The van der Waals surface area contributed by atoms with Crippen LogP contribution in [0, 0.1) is 5.92 Å². The van der Waals surface area contributed by atoms with Crippen LogP contribution >= 0.6 is 0 Å². The van der Waals surface area contributed by atoms with Crippen molar-refractivity contribution in [1.82, 2.24) is 0 Å². The van der Waals surface area contributed by atoms with Crippen LogP contribution in [0.2, 0.25) is 0 Å². The minimum atomic E-state index is 0.414. The molecule has 0 fully saturated rings. The lowest BCUT2D eigenvalue weighted by atomic mass is 10.0. The second kappa shape index (κ2) is 6.23. The molecule has 1 rings (SSSR count). The van der Waals surface area contributed by atoms with E-state index < -0.39 is 0 Å². The molecule has 1 unspecified atom stereocenters. The van der Waals surface area contributed by atoms with Crippen molar-refractivity contribution in [3.05, 3.63) is 35.4 Å². The molecule has 2 nitrogen and oxygen atoms in total. The lowest BCUT2D eigenvalue weighted by Crippen LogP contribution is -2.01. The Balaban J connectivity index is 2.53. The van der Waals surface area contributed by atoms with Gasteiger partial charge in [0, 0.05) is 6.21 Å². The van der Waals surface area contributed by atoms with Crippen molar-refractivity contribution in [2.24, 2.45) is 11.1 Å². The molecule has 82 valence electrons. The van der Waals surface area contributed by atoms with E-state index in [4.69, 9.17) is 0 Å². The number of hydrogen-bond acceptors (Lipinski definition) is 2. The summed E-state index contributed by atoms with van der Waals surface area (Å²) in [5.41, 5.74) is 2.74. The Morgan fingerprint density at radius 2 is 1.87 bits per heavy atom. The summed E-state index contributed by atoms with van der Waals surface area (Å²) in [6, 6.07) is 8.76. The van der Waals surface area contributed by atoms with Crippen molar-refractivity contribution in [1.29, 1.82) is 0 Å². The highest BCUT2D eigenvalue weighted by molar-refractivity contribution is 5.59. The number of benzene rings is 1. The van der Waals surface area contributed by atoms with Crippen LogP contribution < -0.4 is 0 Å². The molecule has 0 aliphatic heterocycles. The second-order valence-corrected chi connectivity index (χ2v) is 3.79. The van der Waals surface area contributed by atoms with Gasteiger partial charge in [-0.05, 0) is 29.9 Å². The van der Waals surface area contributed by atoms with Gasteiger partial charge in [0.1, 0.15) is 7.11 Å². The molecule has 1 atom stereocenters. The summed E-state index contributed by atoms with van der Waals surface area (Å²) in [6.45, 7) is 4.30. The molecule has 0 aliphatic carbocycles. The lowest BCUT2D eigenvalue weighted by Gasteiger charge is -2.06. The van der Waals surface area contributed by atoms with E-state index in [0.29, 0.717) is 5.92 Å². The summed E-state index contributed by atoms with van der Waals surface area (Å²) in [5, 5.41) is 3.78. The van der Waals surface area contributed by atoms with Gasteiger partial charge in [-0.3, -0.25) is 0 Å². The van der Waals surface area contributed by atoms with E-state index in [1.165, 1.54) is 11.1 Å². The number of aryl methyl sites for hydroxylation is 1.